The van der Waals surface area contributed by atoms with Crippen LogP contribution in [0.15, 0.2) is 18.2 Å². The van der Waals surface area contributed by atoms with Crippen molar-refractivity contribution in [2.75, 3.05) is 0 Å². The molecular weight excluding hydrogens is 329 g/mol. The Balaban J connectivity index is 2.06. The van der Waals surface area contributed by atoms with Crippen LogP contribution in [0, 0.1) is 6.92 Å². The molecule has 2 unspecified atom stereocenters. The maximum absolute atomic E-state index is 13.1. The molecule has 1 aromatic rings. The zero-order valence-electron chi connectivity index (χ0n) is 12.7. The average molecular weight is 348 g/mol. The van der Waals surface area contributed by atoms with Crippen molar-refractivity contribution in [1.29, 1.82) is 0 Å². The minimum atomic E-state index is -4.49. The summed E-state index contributed by atoms with van der Waals surface area (Å²) in [5.74, 6) is 0. The van der Waals surface area contributed by atoms with Crippen molar-refractivity contribution in [2.45, 2.75) is 61.3 Å². The normalized spacial score (nSPS) is 33.4. The molecule has 1 N–H and O–H groups in total. The summed E-state index contributed by atoms with van der Waals surface area (Å²) < 4.78 is 64.0. The Morgan fingerprint density at radius 1 is 1.17 bits per heavy atom. The highest BCUT2D eigenvalue weighted by molar-refractivity contribution is 7.92. The van der Waals surface area contributed by atoms with Crippen LogP contribution in [0.2, 0.25) is 0 Å². The number of alkyl halides is 3. The van der Waals surface area contributed by atoms with Crippen LogP contribution in [-0.2, 0) is 21.6 Å². The fourth-order valence-electron chi connectivity index (χ4n) is 4.11. The molecule has 0 aromatic heterocycles. The van der Waals surface area contributed by atoms with E-state index in [-0.39, 0.29) is 24.0 Å². The Bertz CT molecular complexity index is 705. The van der Waals surface area contributed by atoms with Gasteiger partial charge in [-0.25, -0.2) is 8.42 Å². The molecule has 3 rings (SSSR count). The summed E-state index contributed by atoms with van der Waals surface area (Å²) in [6, 6.07) is 3.75. The van der Waals surface area contributed by atoms with Crippen molar-refractivity contribution < 1.29 is 26.7 Å². The number of aliphatic hydroxyl groups is 1. The molecule has 2 atom stereocenters. The van der Waals surface area contributed by atoms with E-state index in [1.807, 2.05) is 0 Å². The second-order valence-electron chi connectivity index (χ2n) is 6.68. The molecule has 1 aromatic carbocycles. The third-order valence-corrected chi connectivity index (χ3v) is 7.92. The molecule has 0 amide bonds. The molecule has 0 spiro atoms. The van der Waals surface area contributed by atoms with Gasteiger partial charge in [0.05, 0.1) is 21.7 Å². The summed E-state index contributed by atoms with van der Waals surface area (Å²) in [4.78, 5) is 0. The van der Waals surface area contributed by atoms with E-state index in [9.17, 15) is 26.7 Å². The van der Waals surface area contributed by atoms with Gasteiger partial charge in [-0.1, -0.05) is 18.6 Å². The first-order valence-electron chi connectivity index (χ1n) is 7.68. The van der Waals surface area contributed by atoms with Crippen molar-refractivity contribution in [3.63, 3.8) is 0 Å². The summed E-state index contributed by atoms with van der Waals surface area (Å²) in [5.41, 5.74) is -2.09. The molecule has 23 heavy (non-hydrogen) atoms. The summed E-state index contributed by atoms with van der Waals surface area (Å²) in [6.45, 7) is 1.34. The number of halogens is 3. The van der Waals surface area contributed by atoms with E-state index < -0.39 is 37.7 Å². The monoisotopic (exact) mass is 348 g/mol. The molecule has 2 saturated heterocycles. The second kappa shape index (κ2) is 5.21. The van der Waals surface area contributed by atoms with E-state index >= 15 is 0 Å². The lowest BCUT2D eigenvalue weighted by atomic mass is 9.78. The summed E-state index contributed by atoms with van der Waals surface area (Å²) in [5, 5.41) is 9.70. The minimum absolute atomic E-state index is 0.0140. The fraction of sp³-hybridized carbons (Fsp3) is 0.625. The number of benzene rings is 1. The van der Waals surface area contributed by atoms with Gasteiger partial charge in [0.15, 0.2) is 9.84 Å². The largest absolute Gasteiger partial charge is 0.416 e. The Morgan fingerprint density at radius 3 is 2.26 bits per heavy atom. The van der Waals surface area contributed by atoms with Gasteiger partial charge in [-0.15, -0.1) is 0 Å². The lowest BCUT2D eigenvalue weighted by Crippen LogP contribution is -2.50. The standard InChI is InChI=1S/C16H19F3O3S/c1-10-13(6-3-7-14(10)16(17,18)19)15(20)8-11-4-2-5-12(9-15)23(11,21)22/h3,6-7,11-12,20H,2,4-5,8-9H2,1H3. The van der Waals surface area contributed by atoms with Crippen molar-refractivity contribution in [2.24, 2.45) is 0 Å². The van der Waals surface area contributed by atoms with Gasteiger partial charge in [0.25, 0.3) is 0 Å². The second-order valence-corrected chi connectivity index (χ2v) is 9.19. The van der Waals surface area contributed by atoms with E-state index in [1.54, 1.807) is 0 Å². The Morgan fingerprint density at radius 2 is 1.74 bits per heavy atom. The molecular formula is C16H19F3O3S. The zero-order valence-corrected chi connectivity index (χ0v) is 13.5. The van der Waals surface area contributed by atoms with Crippen molar-refractivity contribution >= 4 is 9.84 Å². The van der Waals surface area contributed by atoms with E-state index in [0.717, 1.165) is 12.5 Å². The Kier molecular flexibility index (Phi) is 3.80. The van der Waals surface area contributed by atoms with Gasteiger partial charge in [-0.05, 0) is 49.8 Å². The van der Waals surface area contributed by atoms with Gasteiger partial charge in [0.1, 0.15) is 0 Å². The van der Waals surface area contributed by atoms with Crippen LogP contribution >= 0.6 is 0 Å². The van der Waals surface area contributed by atoms with Gasteiger partial charge in [0, 0.05) is 0 Å². The van der Waals surface area contributed by atoms with Crippen LogP contribution in [0.4, 0.5) is 13.2 Å². The van der Waals surface area contributed by atoms with Crippen LogP contribution in [0.5, 0.6) is 0 Å². The highest BCUT2D eigenvalue weighted by atomic mass is 32.2. The average Bonchev–Trinajstić information content (AvgIpc) is 2.39. The highest BCUT2D eigenvalue weighted by Gasteiger charge is 2.51. The van der Waals surface area contributed by atoms with Crippen LogP contribution in [-0.4, -0.2) is 24.0 Å². The van der Waals surface area contributed by atoms with Crippen molar-refractivity contribution in [3.05, 3.63) is 34.9 Å². The quantitative estimate of drug-likeness (QED) is 0.847. The smallest absolute Gasteiger partial charge is 0.385 e. The lowest BCUT2D eigenvalue weighted by Gasteiger charge is -2.44. The molecule has 2 fully saturated rings. The van der Waals surface area contributed by atoms with Crippen molar-refractivity contribution in [1.82, 2.24) is 0 Å². The molecule has 2 aliphatic rings. The first-order valence-corrected chi connectivity index (χ1v) is 9.29. The van der Waals surface area contributed by atoms with Crippen LogP contribution in [0.1, 0.15) is 48.8 Å². The SMILES string of the molecule is Cc1c(C(F)(F)F)cccc1C1(O)CC2CCCC(C1)S2(=O)=O. The van der Waals surface area contributed by atoms with E-state index in [4.69, 9.17) is 0 Å². The molecule has 0 aliphatic carbocycles. The molecule has 0 saturated carbocycles. The van der Waals surface area contributed by atoms with Crippen LogP contribution in [0.25, 0.3) is 0 Å². The number of rotatable bonds is 1. The lowest BCUT2D eigenvalue weighted by molar-refractivity contribution is -0.138. The third kappa shape index (κ3) is 2.67. The predicted molar refractivity (Wildman–Crippen MR) is 79.7 cm³/mol. The fourth-order valence-corrected chi connectivity index (χ4v) is 6.66. The van der Waals surface area contributed by atoms with E-state index in [2.05, 4.69) is 0 Å². The number of fused-ring (bicyclic) bond motifs is 2. The van der Waals surface area contributed by atoms with Crippen molar-refractivity contribution in [3.8, 4) is 0 Å². The third-order valence-electron chi connectivity index (χ3n) is 5.25. The molecule has 2 aliphatic heterocycles. The Hall–Kier alpha value is -1.08. The van der Waals surface area contributed by atoms with Crippen LogP contribution in [0.3, 0.4) is 0 Å². The number of hydrogen-bond donors (Lipinski definition) is 1. The summed E-state index contributed by atoms with van der Waals surface area (Å²) in [6.07, 6.45) is -2.81. The minimum Gasteiger partial charge on any atom is -0.385 e. The number of sulfone groups is 1. The maximum Gasteiger partial charge on any atom is 0.416 e. The van der Waals surface area contributed by atoms with Gasteiger partial charge >= 0.3 is 6.18 Å². The maximum atomic E-state index is 13.1. The zero-order chi connectivity index (χ0) is 17.0. The van der Waals surface area contributed by atoms with Gasteiger partial charge in [-0.2, -0.15) is 13.2 Å². The topological polar surface area (TPSA) is 54.4 Å². The predicted octanol–water partition coefficient (Wildman–Crippen LogP) is 3.33. The Labute approximate surface area is 133 Å². The van der Waals surface area contributed by atoms with E-state index in [1.165, 1.54) is 19.1 Å². The summed E-state index contributed by atoms with van der Waals surface area (Å²) >= 11 is 0. The van der Waals surface area contributed by atoms with Gasteiger partial charge in [0.2, 0.25) is 0 Å². The molecule has 0 radical (unpaired) electrons. The highest BCUT2D eigenvalue weighted by Crippen LogP contribution is 2.48. The molecule has 3 nitrogen and oxygen atoms in total. The molecule has 2 bridgehead atoms. The first-order chi connectivity index (χ1) is 10.6. The molecule has 7 heteroatoms. The molecule has 2 heterocycles. The first kappa shape index (κ1) is 16.8. The summed E-state index contributed by atoms with van der Waals surface area (Å²) in [7, 11) is -3.28. The van der Waals surface area contributed by atoms with Gasteiger partial charge < -0.3 is 5.11 Å². The molecule has 128 valence electrons. The van der Waals surface area contributed by atoms with E-state index in [0.29, 0.717) is 12.8 Å². The van der Waals surface area contributed by atoms with Gasteiger partial charge in [-0.3, -0.25) is 0 Å². The van der Waals surface area contributed by atoms with Crippen LogP contribution < -0.4 is 0 Å². The number of hydrogen-bond acceptors (Lipinski definition) is 3.